The molecule has 0 fully saturated rings. The monoisotopic (exact) mass is 335 g/mol. The fraction of sp³-hybridized carbons (Fsp3) is 0.312. The lowest BCUT2D eigenvalue weighted by atomic mass is 10.0. The lowest BCUT2D eigenvalue weighted by Crippen LogP contribution is -2.04. The molecule has 0 radical (unpaired) electrons. The molecule has 0 aliphatic carbocycles. The maximum absolute atomic E-state index is 10.3. The maximum Gasteiger partial charge on any atom is 0.133 e. The van der Waals surface area contributed by atoms with Gasteiger partial charge in [0.2, 0.25) is 0 Å². The first kappa shape index (κ1) is 15.0. The van der Waals surface area contributed by atoms with Gasteiger partial charge < -0.3 is 9.84 Å². The molecule has 4 heteroatoms. The van der Waals surface area contributed by atoms with Gasteiger partial charge in [-0.2, -0.15) is 0 Å². The highest BCUT2D eigenvalue weighted by molar-refractivity contribution is 9.10. The van der Waals surface area contributed by atoms with Crippen molar-refractivity contribution in [2.75, 3.05) is 7.11 Å². The third kappa shape index (κ3) is 3.58. The molecule has 1 aromatic heterocycles. The first-order chi connectivity index (χ1) is 9.63. The Kier molecular flexibility index (Phi) is 5.15. The van der Waals surface area contributed by atoms with Crippen molar-refractivity contribution in [3.05, 3.63) is 57.8 Å². The third-order valence-electron chi connectivity index (χ3n) is 3.26. The number of aliphatic hydroxyl groups is 1. The van der Waals surface area contributed by atoms with Gasteiger partial charge in [-0.05, 0) is 51.7 Å². The van der Waals surface area contributed by atoms with Crippen LogP contribution in [0.15, 0.2) is 41.0 Å². The van der Waals surface area contributed by atoms with E-state index >= 15 is 0 Å². The topological polar surface area (TPSA) is 42.4 Å². The van der Waals surface area contributed by atoms with Crippen molar-refractivity contribution in [3.63, 3.8) is 0 Å². The molecule has 0 bridgehead atoms. The fourth-order valence-corrected chi connectivity index (χ4v) is 2.55. The van der Waals surface area contributed by atoms with Crippen LogP contribution in [0, 0.1) is 0 Å². The number of ether oxygens (including phenoxy) is 1. The van der Waals surface area contributed by atoms with Gasteiger partial charge in [-0.3, -0.25) is 4.98 Å². The van der Waals surface area contributed by atoms with Crippen molar-refractivity contribution in [3.8, 4) is 5.75 Å². The third-order valence-corrected chi connectivity index (χ3v) is 3.88. The summed E-state index contributed by atoms with van der Waals surface area (Å²) in [6.45, 7) is 2.10. The number of hydrogen-bond acceptors (Lipinski definition) is 3. The summed E-state index contributed by atoms with van der Waals surface area (Å²) in [7, 11) is 1.62. The predicted molar refractivity (Wildman–Crippen MR) is 83.0 cm³/mol. The molecule has 0 saturated carbocycles. The van der Waals surface area contributed by atoms with Gasteiger partial charge in [-0.1, -0.05) is 19.1 Å². The Morgan fingerprint density at radius 3 is 2.65 bits per heavy atom. The second-order valence-corrected chi connectivity index (χ2v) is 5.48. The van der Waals surface area contributed by atoms with E-state index in [0.29, 0.717) is 6.42 Å². The van der Waals surface area contributed by atoms with Crippen LogP contribution in [0.4, 0.5) is 0 Å². The molecule has 1 N–H and O–H groups in total. The molecule has 0 aliphatic rings. The maximum atomic E-state index is 10.3. The molecule has 1 aromatic carbocycles. The molecule has 20 heavy (non-hydrogen) atoms. The zero-order chi connectivity index (χ0) is 14.5. The zero-order valence-electron chi connectivity index (χ0n) is 11.6. The van der Waals surface area contributed by atoms with E-state index in [4.69, 9.17) is 4.74 Å². The Hall–Kier alpha value is -1.39. The van der Waals surface area contributed by atoms with Crippen molar-refractivity contribution in [1.82, 2.24) is 4.98 Å². The molecule has 2 aromatic rings. The number of benzene rings is 1. The summed E-state index contributed by atoms with van der Waals surface area (Å²) in [6, 6.07) is 9.62. The van der Waals surface area contributed by atoms with Crippen molar-refractivity contribution in [1.29, 1.82) is 0 Å². The number of aromatic nitrogens is 1. The lowest BCUT2D eigenvalue weighted by Gasteiger charge is -2.12. The minimum atomic E-state index is -0.572. The fourth-order valence-electron chi connectivity index (χ4n) is 1.99. The van der Waals surface area contributed by atoms with E-state index in [-0.39, 0.29) is 0 Å². The summed E-state index contributed by atoms with van der Waals surface area (Å²) in [5, 5.41) is 10.3. The number of pyridine rings is 1. The molecule has 0 amide bonds. The molecular weight excluding hydrogens is 318 g/mol. The van der Waals surface area contributed by atoms with Crippen molar-refractivity contribution in [2.24, 2.45) is 0 Å². The van der Waals surface area contributed by atoms with E-state index in [1.165, 1.54) is 5.56 Å². The average Bonchev–Trinajstić information content (AvgIpc) is 2.48. The van der Waals surface area contributed by atoms with E-state index in [1.54, 1.807) is 7.11 Å². The summed E-state index contributed by atoms with van der Waals surface area (Å²) in [5.74, 6) is 0.756. The standard InChI is InChI=1S/C16H18BrNO2/c1-3-11-4-6-13(18-10-11)9-15(19)12-5-7-16(20-2)14(17)8-12/h4-8,10,15,19H,3,9H2,1-2H3. The van der Waals surface area contributed by atoms with Crippen LogP contribution in [-0.4, -0.2) is 17.2 Å². The van der Waals surface area contributed by atoms with Gasteiger partial charge >= 0.3 is 0 Å². The summed E-state index contributed by atoms with van der Waals surface area (Å²) in [5.41, 5.74) is 2.94. The molecule has 0 aliphatic heterocycles. The molecule has 106 valence electrons. The predicted octanol–water partition coefficient (Wildman–Crippen LogP) is 3.69. The van der Waals surface area contributed by atoms with Crippen molar-refractivity contribution < 1.29 is 9.84 Å². The van der Waals surface area contributed by atoms with Crippen LogP contribution in [-0.2, 0) is 12.8 Å². The Balaban J connectivity index is 2.10. The van der Waals surface area contributed by atoms with E-state index in [1.807, 2.05) is 30.5 Å². The Bertz CT molecular complexity index is 569. The highest BCUT2D eigenvalue weighted by atomic mass is 79.9. The van der Waals surface area contributed by atoms with Gasteiger partial charge in [0.25, 0.3) is 0 Å². The minimum absolute atomic E-state index is 0.503. The van der Waals surface area contributed by atoms with Crippen LogP contribution in [0.2, 0.25) is 0 Å². The van der Waals surface area contributed by atoms with Crippen molar-refractivity contribution in [2.45, 2.75) is 25.9 Å². The number of hydrogen-bond donors (Lipinski definition) is 1. The first-order valence-electron chi connectivity index (χ1n) is 6.59. The first-order valence-corrected chi connectivity index (χ1v) is 7.38. The molecule has 1 atom stereocenters. The smallest absolute Gasteiger partial charge is 0.133 e. The Morgan fingerprint density at radius 1 is 1.30 bits per heavy atom. The quantitative estimate of drug-likeness (QED) is 0.905. The molecule has 0 spiro atoms. The second-order valence-electron chi connectivity index (χ2n) is 4.63. The van der Waals surface area contributed by atoms with E-state index < -0.39 is 6.10 Å². The number of rotatable bonds is 5. The van der Waals surface area contributed by atoms with Gasteiger partial charge in [0.15, 0.2) is 0 Å². The van der Waals surface area contributed by atoms with Gasteiger partial charge in [0.05, 0.1) is 17.7 Å². The molecule has 3 nitrogen and oxygen atoms in total. The number of nitrogens with zero attached hydrogens (tertiary/aromatic N) is 1. The number of methoxy groups -OCH3 is 1. The summed E-state index contributed by atoms with van der Waals surface area (Å²) in [4.78, 5) is 4.37. The second kappa shape index (κ2) is 6.86. The van der Waals surface area contributed by atoms with Crippen LogP contribution < -0.4 is 4.74 Å². The molecule has 2 rings (SSSR count). The molecular formula is C16H18BrNO2. The van der Waals surface area contributed by atoms with Crippen LogP contribution in [0.1, 0.15) is 29.8 Å². The SMILES string of the molecule is CCc1ccc(CC(O)c2ccc(OC)c(Br)c2)nc1. The molecule has 1 heterocycles. The minimum Gasteiger partial charge on any atom is -0.496 e. The van der Waals surface area contributed by atoms with Crippen molar-refractivity contribution >= 4 is 15.9 Å². The van der Waals surface area contributed by atoms with E-state index in [0.717, 1.165) is 27.9 Å². The summed E-state index contributed by atoms with van der Waals surface area (Å²) in [6.07, 6.45) is 2.77. The summed E-state index contributed by atoms with van der Waals surface area (Å²) >= 11 is 3.43. The number of aryl methyl sites for hydroxylation is 1. The normalized spacial score (nSPS) is 12.2. The zero-order valence-corrected chi connectivity index (χ0v) is 13.2. The highest BCUT2D eigenvalue weighted by Gasteiger charge is 2.11. The summed E-state index contributed by atoms with van der Waals surface area (Å²) < 4.78 is 6.02. The largest absolute Gasteiger partial charge is 0.496 e. The van der Waals surface area contributed by atoms with Gasteiger partial charge in [-0.25, -0.2) is 0 Å². The van der Waals surface area contributed by atoms with Gasteiger partial charge in [-0.15, -0.1) is 0 Å². The lowest BCUT2D eigenvalue weighted by molar-refractivity contribution is 0.177. The number of aliphatic hydroxyl groups excluding tert-OH is 1. The van der Waals surface area contributed by atoms with Gasteiger partial charge in [0.1, 0.15) is 5.75 Å². The highest BCUT2D eigenvalue weighted by Crippen LogP contribution is 2.29. The molecule has 1 unspecified atom stereocenters. The van der Waals surface area contributed by atoms with Crippen LogP contribution in [0.25, 0.3) is 0 Å². The Morgan fingerprint density at radius 2 is 2.10 bits per heavy atom. The van der Waals surface area contributed by atoms with Crippen LogP contribution in [0.3, 0.4) is 0 Å². The number of halogens is 1. The van der Waals surface area contributed by atoms with Crippen LogP contribution in [0.5, 0.6) is 5.75 Å². The molecule has 0 saturated heterocycles. The van der Waals surface area contributed by atoms with E-state index in [2.05, 4.69) is 33.9 Å². The van der Waals surface area contributed by atoms with Gasteiger partial charge in [0, 0.05) is 18.3 Å². The van der Waals surface area contributed by atoms with E-state index in [9.17, 15) is 5.11 Å². The van der Waals surface area contributed by atoms with Crippen LogP contribution >= 0.6 is 15.9 Å². The average molecular weight is 336 g/mol. The Labute approximate surface area is 127 Å².